The Labute approximate surface area is 139 Å². The largest absolute Gasteiger partial charge is 0.344 e. The van der Waals surface area contributed by atoms with Crippen LogP contribution in [0.15, 0.2) is 34.2 Å². The van der Waals surface area contributed by atoms with Gasteiger partial charge in [0.2, 0.25) is 5.91 Å². The van der Waals surface area contributed by atoms with Crippen molar-refractivity contribution in [1.82, 2.24) is 14.9 Å². The quantitative estimate of drug-likeness (QED) is 0.501. The van der Waals surface area contributed by atoms with E-state index in [1.165, 1.54) is 11.8 Å². The van der Waals surface area contributed by atoms with Crippen molar-refractivity contribution in [2.45, 2.75) is 31.5 Å². The Morgan fingerprint density at radius 1 is 1.48 bits per heavy atom. The first-order chi connectivity index (χ1) is 11.1. The van der Waals surface area contributed by atoms with Crippen LogP contribution in [0.4, 0.5) is 0 Å². The van der Waals surface area contributed by atoms with Gasteiger partial charge in [0.15, 0.2) is 5.16 Å². The number of rotatable bonds is 6. The summed E-state index contributed by atoms with van der Waals surface area (Å²) in [6.45, 7) is 4.18. The van der Waals surface area contributed by atoms with Gasteiger partial charge in [-0.2, -0.15) is 0 Å². The second kappa shape index (κ2) is 7.84. The Morgan fingerprint density at radius 3 is 2.91 bits per heavy atom. The number of nitrogens with zero attached hydrogens (tertiary/aromatic N) is 2. The summed E-state index contributed by atoms with van der Waals surface area (Å²) in [5.74, 6) is 2.35. The number of nitrogens with one attached hydrogen (secondary N) is 1. The molecule has 1 N–H and O–H groups in total. The number of thioether (sulfide) groups is 1. The number of fused-ring (bicyclic) bond motifs is 1. The lowest BCUT2D eigenvalue weighted by atomic mass is 10.2. The van der Waals surface area contributed by atoms with Crippen molar-refractivity contribution in [3.8, 4) is 12.3 Å². The standard InChI is InChI=1S/C17H19N3O2S/c1-4-10-18-15(21)11-23-17-19-14-9-7-6-8-13(14)16(22)20(17)12(3)5-2/h1,6-9,12H,5,10-11H2,2-3H3,(H,18,21)/t12-/m1/s1. The van der Waals surface area contributed by atoms with Crippen LogP contribution in [0.1, 0.15) is 26.3 Å². The van der Waals surface area contributed by atoms with Gasteiger partial charge in [-0.1, -0.05) is 36.7 Å². The Morgan fingerprint density at radius 2 is 2.22 bits per heavy atom. The zero-order chi connectivity index (χ0) is 16.8. The summed E-state index contributed by atoms with van der Waals surface area (Å²) in [7, 11) is 0. The fourth-order valence-corrected chi connectivity index (χ4v) is 3.06. The average Bonchev–Trinajstić information content (AvgIpc) is 2.57. The summed E-state index contributed by atoms with van der Waals surface area (Å²) in [6, 6.07) is 7.26. The van der Waals surface area contributed by atoms with Gasteiger partial charge in [-0.25, -0.2) is 4.98 Å². The molecule has 0 unspecified atom stereocenters. The van der Waals surface area contributed by atoms with Crippen LogP contribution in [-0.2, 0) is 4.79 Å². The fourth-order valence-electron chi connectivity index (χ4n) is 2.13. The first-order valence-corrected chi connectivity index (χ1v) is 8.41. The van der Waals surface area contributed by atoms with Crippen LogP contribution in [0.3, 0.4) is 0 Å². The molecule has 1 atom stereocenters. The molecular formula is C17H19N3O2S. The number of carbonyl (C=O) groups excluding carboxylic acids is 1. The number of hydrogen-bond donors (Lipinski definition) is 1. The molecule has 0 aliphatic carbocycles. The van der Waals surface area contributed by atoms with Crippen molar-refractivity contribution >= 4 is 28.6 Å². The van der Waals surface area contributed by atoms with E-state index < -0.39 is 0 Å². The molecule has 1 heterocycles. The Hall–Kier alpha value is -2.26. The topological polar surface area (TPSA) is 64.0 Å². The molecule has 0 saturated heterocycles. The highest BCUT2D eigenvalue weighted by atomic mass is 32.2. The van der Waals surface area contributed by atoms with E-state index in [2.05, 4.69) is 16.2 Å². The molecule has 23 heavy (non-hydrogen) atoms. The van der Waals surface area contributed by atoms with Gasteiger partial charge in [0.1, 0.15) is 0 Å². The van der Waals surface area contributed by atoms with Gasteiger partial charge >= 0.3 is 0 Å². The monoisotopic (exact) mass is 329 g/mol. The normalized spacial score (nSPS) is 11.9. The molecular weight excluding hydrogens is 310 g/mol. The van der Waals surface area contributed by atoms with E-state index in [9.17, 15) is 9.59 Å². The van der Waals surface area contributed by atoms with Crippen LogP contribution >= 0.6 is 11.8 Å². The van der Waals surface area contributed by atoms with Gasteiger partial charge in [0, 0.05) is 6.04 Å². The molecule has 6 heteroatoms. The molecule has 5 nitrogen and oxygen atoms in total. The minimum Gasteiger partial charge on any atom is -0.344 e. The van der Waals surface area contributed by atoms with Gasteiger partial charge < -0.3 is 5.32 Å². The van der Waals surface area contributed by atoms with Gasteiger partial charge in [-0.3, -0.25) is 14.2 Å². The molecule has 1 aromatic carbocycles. The van der Waals surface area contributed by atoms with Gasteiger partial charge in [-0.15, -0.1) is 6.42 Å². The van der Waals surface area contributed by atoms with E-state index in [1.54, 1.807) is 16.7 Å². The predicted octanol–water partition coefficient (Wildman–Crippen LogP) is 2.21. The lowest BCUT2D eigenvalue weighted by molar-refractivity contribution is -0.118. The van der Waals surface area contributed by atoms with Crippen molar-refractivity contribution in [3.63, 3.8) is 0 Å². The lowest BCUT2D eigenvalue weighted by Gasteiger charge is -2.18. The maximum atomic E-state index is 12.7. The number of para-hydroxylation sites is 1. The maximum absolute atomic E-state index is 12.7. The van der Waals surface area contributed by atoms with Crippen LogP contribution in [-0.4, -0.2) is 27.8 Å². The van der Waals surface area contributed by atoms with E-state index in [4.69, 9.17) is 6.42 Å². The molecule has 0 radical (unpaired) electrons. The predicted molar refractivity (Wildman–Crippen MR) is 93.6 cm³/mol. The summed E-state index contributed by atoms with van der Waals surface area (Å²) < 4.78 is 1.67. The molecule has 120 valence electrons. The van der Waals surface area contributed by atoms with Crippen molar-refractivity contribution in [1.29, 1.82) is 0 Å². The summed E-state index contributed by atoms with van der Waals surface area (Å²) in [5, 5.41) is 3.75. The smallest absolute Gasteiger partial charge is 0.262 e. The SMILES string of the molecule is C#CCNC(=O)CSc1nc2ccccc2c(=O)n1[C@H](C)CC. The minimum absolute atomic E-state index is 0.0101. The van der Waals surface area contributed by atoms with Crippen LogP contribution in [0, 0.1) is 12.3 Å². The third-order valence-corrected chi connectivity index (χ3v) is 4.48. The molecule has 1 amide bonds. The summed E-state index contributed by atoms with van der Waals surface area (Å²) in [5.41, 5.74) is 0.570. The zero-order valence-corrected chi connectivity index (χ0v) is 14.0. The molecule has 0 fully saturated rings. The summed E-state index contributed by atoms with van der Waals surface area (Å²) in [4.78, 5) is 29.0. The van der Waals surface area contributed by atoms with E-state index in [0.717, 1.165) is 6.42 Å². The van der Waals surface area contributed by atoms with Crippen molar-refractivity contribution < 1.29 is 4.79 Å². The van der Waals surface area contributed by atoms with E-state index in [0.29, 0.717) is 16.1 Å². The zero-order valence-electron chi connectivity index (χ0n) is 13.2. The Bertz CT molecular complexity index is 808. The highest BCUT2D eigenvalue weighted by Gasteiger charge is 2.16. The molecule has 2 aromatic rings. The number of carbonyl (C=O) groups is 1. The average molecular weight is 329 g/mol. The van der Waals surface area contributed by atoms with Gasteiger partial charge in [0.05, 0.1) is 23.2 Å². The van der Waals surface area contributed by atoms with Crippen molar-refractivity contribution in [2.75, 3.05) is 12.3 Å². The van der Waals surface area contributed by atoms with Crippen LogP contribution in [0.25, 0.3) is 10.9 Å². The lowest BCUT2D eigenvalue weighted by Crippen LogP contribution is -2.28. The number of aromatic nitrogens is 2. The molecule has 0 bridgehead atoms. The molecule has 0 aliphatic rings. The summed E-state index contributed by atoms with van der Waals surface area (Å²) >= 11 is 1.25. The summed E-state index contributed by atoms with van der Waals surface area (Å²) in [6.07, 6.45) is 5.92. The second-order valence-electron chi connectivity index (χ2n) is 5.11. The molecule has 0 aliphatic heterocycles. The van der Waals surface area contributed by atoms with Crippen LogP contribution in [0.2, 0.25) is 0 Å². The molecule has 2 rings (SSSR count). The molecule has 0 saturated carbocycles. The Kier molecular flexibility index (Phi) is 5.83. The molecule has 0 spiro atoms. The first kappa shape index (κ1) is 17.1. The van der Waals surface area contributed by atoms with E-state index >= 15 is 0 Å². The fraction of sp³-hybridized carbons (Fsp3) is 0.353. The van der Waals surface area contributed by atoms with E-state index in [1.807, 2.05) is 26.0 Å². The van der Waals surface area contributed by atoms with Crippen LogP contribution in [0.5, 0.6) is 0 Å². The van der Waals surface area contributed by atoms with Gasteiger partial charge in [0.25, 0.3) is 5.56 Å². The van der Waals surface area contributed by atoms with Crippen molar-refractivity contribution in [3.05, 3.63) is 34.6 Å². The number of hydrogen-bond acceptors (Lipinski definition) is 4. The number of benzene rings is 1. The first-order valence-electron chi connectivity index (χ1n) is 7.42. The Balaban J connectivity index is 2.39. The third kappa shape index (κ3) is 3.93. The third-order valence-electron chi connectivity index (χ3n) is 3.53. The minimum atomic E-state index is -0.175. The highest BCUT2D eigenvalue weighted by Crippen LogP contribution is 2.22. The van der Waals surface area contributed by atoms with Crippen LogP contribution < -0.4 is 10.9 Å². The number of amides is 1. The second-order valence-corrected chi connectivity index (χ2v) is 6.06. The van der Waals surface area contributed by atoms with Gasteiger partial charge in [-0.05, 0) is 25.5 Å². The van der Waals surface area contributed by atoms with Crippen molar-refractivity contribution in [2.24, 2.45) is 0 Å². The van der Waals surface area contributed by atoms with E-state index in [-0.39, 0.29) is 29.8 Å². The number of terminal acetylenes is 1. The maximum Gasteiger partial charge on any atom is 0.262 e. The molecule has 1 aromatic heterocycles. The highest BCUT2D eigenvalue weighted by molar-refractivity contribution is 7.99.